The maximum Gasteiger partial charge on any atom is 0.144 e. The molecule has 0 amide bonds. The van der Waals surface area contributed by atoms with Crippen molar-refractivity contribution in [2.45, 2.75) is 658 Å². The molecule has 0 saturated heterocycles. The topological polar surface area (TPSA) is 108 Å². The third-order valence-corrected chi connectivity index (χ3v) is 25.0. The molecule has 0 heterocycles. The first kappa shape index (κ1) is 121. The van der Waals surface area contributed by atoms with E-state index in [1.807, 2.05) is 0 Å². The molecule has 3 N–H and O–H groups in total. The fraction of sp³-hybridized carbons (Fsp3) is 1.00. The van der Waals surface area contributed by atoms with E-state index in [9.17, 15) is 0 Å². The Labute approximate surface area is 729 Å². The quantitative estimate of drug-likeness (QED) is 0.0344. The molecule has 0 aliphatic rings. The molecule has 0 atom stereocenters. The van der Waals surface area contributed by atoms with Gasteiger partial charge in [-0.2, -0.15) is 0 Å². The Bertz CT molecular complexity index is 1230. The summed E-state index contributed by atoms with van der Waals surface area (Å²) >= 11 is 0. The highest BCUT2D eigenvalue weighted by Gasteiger charge is 2.05. The van der Waals surface area contributed by atoms with Crippen molar-refractivity contribution in [1.82, 2.24) is 0 Å². The zero-order valence-corrected chi connectivity index (χ0v) is 81.3. The van der Waals surface area contributed by atoms with Crippen LogP contribution in [0.2, 0.25) is 0 Å². The lowest BCUT2D eigenvalue weighted by Gasteiger charge is -2.35. The molecule has 0 rings (SSSR count). The van der Waals surface area contributed by atoms with Gasteiger partial charge in [-0.3, -0.25) is 7.32 Å². The van der Waals surface area contributed by atoms with Crippen molar-refractivity contribution in [3.63, 3.8) is 0 Å². The van der Waals surface area contributed by atoms with Crippen LogP contribution in [0.5, 0.6) is 0 Å². The normalized spacial score (nSPS) is 11.3. The van der Waals surface area contributed by atoms with E-state index in [1.54, 1.807) is 0 Å². The monoisotopic (exact) mass is 1630 g/mol. The van der Waals surface area contributed by atoms with Gasteiger partial charge in [0.05, 0.1) is 0 Å². The fourth-order valence-corrected chi connectivity index (χ4v) is 17.0. The summed E-state index contributed by atoms with van der Waals surface area (Å²) in [4.78, 5) is 0. The Morgan fingerprint density at radius 2 is 0.157 bits per heavy atom. The smallest absolute Gasteiger partial charge is 0.144 e. The molecule has 0 aromatic heterocycles. The molecule has 0 aliphatic carbocycles. The third-order valence-electron chi connectivity index (χ3n) is 25.0. The molecular formula is C108H225BO6. The third kappa shape index (κ3) is 137. The van der Waals surface area contributed by atoms with Gasteiger partial charge >= 0.3 is 0 Å². The van der Waals surface area contributed by atoms with Crippen LogP contribution in [0.1, 0.15) is 658 Å². The molecule has 6 nitrogen and oxygen atoms in total. The zero-order chi connectivity index (χ0) is 83.8. The van der Waals surface area contributed by atoms with E-state index >= 15 is 0 Å². The van der Waals surface area contributed by atoms with E-state index in [4.69, 9.17) is 29.3 Å². The molecule has 0 radical (unpaired) electrons. The predicted molar refractivity (Wildman–Crippen MR) is 519 cm³/mol. The van der Waals surface area contributed by atoms with E-state index < -0.39 is 7.32 Å². The van der Waals surface area contributed by atoms with Crippen LogP contribution in [0, 0.1) is 0 Å². The summed E-state index contributed by atoms with van der Waals surface area (Å²) in [6, 6.07) is 0. The summed E-state index contributed by atoms with van der Waals surface area (Å²) in [5.41, 5.74) is 0. The lowest BCUT2D eigenvalue weighted by Crippen LogP contribution is -2.56. The van der Waals surface area contributed by atoms with E-state index in [-0.39, 0.29) is 0 Å². The molecule has 696 valence electrons. The van der Waals surface area contributed by atoms with Gasteiger partial charge in [0, 0.05) is 38.5 Å². The Hall–Kier alpha value is -0.175. The van der Waals surface area contributed by atoms with Crippen molar-refractivity contribution in [1.29, 1.82) is 0 Å². The van der Waals surface area contributed by atoms with Crippen LogP contribution in [0.15, 0.2) is 0 Å². The zero-order valence-electron chi connectivity index (χ0n) is 81.3. The average molecular weight is 1630 g/mol. The molecular weight excluding hydrogens is 1400 g/mol. The van der Waals surface area contributed by atoms with Gasteiger partial charge in [0.15, 0.2) is 0 Å². The van der Waals surface area contributed by atoms with Crippen molar-refractivity contribution in [3.05, 3.63) is 0 Å². The maximum atomic E-state index is 8.42. The molecule has 0 saturated carbocycles. The van der Waals surface area contributed by atoms with E-state index in [1.165, 1.54) is 616 Å². The Morgan fingerprint density at radius 1 is 0.104 bits per heavy atom. The molecule has 0 unspecified atom stereocenters. The van der Waals surface area contributed by atoms with Gasteiger partial charge in [0.25, 0.3) is 0 Å². The first-order valence-corrected chi connectivity index (χ1v) is 54.8. The molecule has 0 fully saturated rings. The van der Waals surface area contributed by atoms with Gasteiger partial charge in [-0.15, -0.1) is 0 Å². The second-order valence-electron chi connectivity index (χ2n) is 37.1. The summed E-state index contributed by atoms with van der Waals surface area (Å²) in [7, 11) is -2.92. The number of ether oxygens (including phenoxy) is 3. The summed E-state index contributed by atoms with van der Waals surface area (Å²) in [5, 5.41) is 25.2. The molecule has 0 bridgehead atoms. The first-order valence-electron chi connectivity index (χ1n) is 54.8. The van der Waals surface area contributed by atoms with Crippen molar-refractivity contribution in [3.8, 4) is 0 Å². The van der Waals surface area contributed by atoms with Crippen LogP contribution in [-0.4, -0.2) is 61.2 Å². The van der Waals surface area contributed by atoms with Crippen LogP contribution in [0.25, 0.3) is 0 Å². The van der Waals surface area contributed by atoms with Crippen LogP contribution < -0.4 is 15.1 Å². The standard InChI is InChI=1S/3C36H74O.BO3/c3*1-3-5-7-9-11-13-15-17-19-21-23-25-27-29-31-33-35-37-36-34-32-30-28-26-24-22-20-18-16-14-12-10-8-6-4-2;2-1(3)4/h3*3-36H2,1-2H3;/q;;;-3/p+3. The average Bonchev–Trinajstić information content (AvgIpc) is 3.42. The highest BCUT2D eigenvalue weighted by molar-refractivity contribution is 6.24. The highest BCUT2D eigenvalue weighted by Crippen LogP contribution is 2.22. The Kier molecular flexibility index (Phi) is 131. The van der Waals surface area contributed by atoms with Crippen LogP contribution >= 0.6 is 0 Å². The van der Waals surface area contributed by atoms with Gasteiger partial charge < -0.3 is 29.3 Å². The van der Waals surface area contributed by atoms with Gasteiger partial charge in [-0.1, -0.05) is 581 Å². The minimum absolute atomic E-state index is 1.12. The lowest BCUT2D eigenvalue weighted by molar-refractivity contribution is -0.479. The van der Waals surface area contributed by atoms with Crippen LogP contribution in [0.4, 0.5) is 0 Å². The van der Waals surface area contributed by atoms with E-state index in [0.717, 1.165) is 39.6 Å². The SMILES string of the molecule is CCCCCCCCCCCCCCCCCC[OH+]CCCCCCCCCCCCCCCCCC.CCCCCCCCCCCCCCCCCC[OH+]CCCCCCCCCCCCCCCCCC.CCCCCCCCCCCCCCCCCC[OH+]CCCCCCCCCCCCCCCCCC.[O-]B([O-])[O-]. The molecule has 0 aromatic carbocycles. The van der Waals surface area contributed by atoms with Gasteiger partial charge in [-0.05, 0) is 38.5 Å². The molecule has 0 spiro atoms. The highest BCUT2D eigenvalue weighted by atomic mass is 16.5. The van der Waals surface area contributed by atoms with Gasteiger partial charge in [-0.25, -0.2) is 0 Å². The van der Waals surface area contributed by atoms with Crippen molar-refractivity contribution < 1.29 is 29.3 Å². The number of hydrogen-bond acceptors (Lipinski definition) is 3. The van der Waals surface area contributed by atoms with Crippen molar-refractivity contribution in [2.24, 2.45) is 0 Å². The summed E-state index contributed by atoms with van der Waals surface area (Å²) < 4.78 is 14.3. The van der Waals surface area contributed by atoms with Crippen molar-refractivity contribution in [2.75, 3.05) is 39.6 Å². The van der Waals surface area contributed by atoms with E-state index in [2.05, 4.69) is 41.5 Å². The second-order valence-corrected chi connectivity index (χ2v) is 37.1. The fourth-order valence-electron chi connectivity index (χ4n) is 17.0. The molecule has 115 heavy (non-hydrogen) atoms. The van der Waals surface area contributed by atoms with Crippen molar-refractivity contribution >= 4 is 7.32 Å². The number of unbranched alkanes of at least 4 members (excludes halogenated alkanes) is 90. The van der Waals surface area contributed by atoms with Crippen LogP contribution in [0.3, 0.4) is 0 Å². The van der Waals surface area contributed by atoms with Crippen LogP contribution in [-0.2, 0) is 0 Å². The molecule has 0 aliphatic heterocycles. The largest absolute Gasteiger partial charge is 0.907 e. The summed E-state index contributed by atoms with van der Waals surface area (Å²) in [5.74, 6) is 0. The Morgan fingerprint density at radius 3 is 0.217 bits per heavy atom. The first-order chi connectivity index (χ1) is 57.0. The predicted octanol–water partition coefficient (Wildman–Crippen LogP) is 35.2. The lowest BCUT2D eigenvalue weighted by atomic mass is 10.0. The Balaban J connectivity index is -0.000000783. The van der Waals surface area contributed by atoms with Gasteiger partial charge in [0.2, 0.25) is 0 Å². The minimum atomic E-state index is -2.92. The van der Waals surface area contributed by atoms with E-state index in [0.29, 0.717) is 0 Å². The van der Waals surface area contributed by atoms with Gasteiger partial charge in [0.1, 0.15) is 39.6 Å². The number of rotatable bonds is 102. The number of aliphatic hydroxyl groups is 6. The molecule has 0 aromatic rings. The number of hydrogen-bond donors (Lipinski definition) is 0. The summed E-state index contributed by atoms with van der Waals surface area (Å²) in [6.07, 6.45) is 139. The molecule has 7 heteroatoms. The minimum Gasteiger partial charge on any atom is -0.907 e. The maximum absolute atomic E-state index is 8.42. The second kappa shape index (κ2) is 125. The summed E-state index contributed by atoms with van der Waals surface area (Å²) in [6.45, 7) is 20.6.